The van der Waals surface area contributed by atoms with Crippen LogP contribution in [0.4, 0.5) is 0 Å². The van der Waals surface area contributed by atoms with Crippen LogP contribution in [0.5, 0.6) is 17.2 Å². The van der Waals surface area contributed by atoms with E-state index >= 15 is 0 Å². The SMILES string of the molecule is N[C@H](CN1CC(Oc2ccc(CCB(O)O)c(O)c2C(=O)O)C1)c1ccc(O)cc1. The Hall–Kier alpha value is -2.79. The number of rotatable bonds is 9. The van der Waals surface area contributed by atoms with Gasteiger partial charge in [0.15, 0.2) is 0 Å². The van der Waals surface area contributed by atoms with Crippen LogP contribution in [-0.4, -0.2) is 69.1 Å². The normalized spacial score (nSPS) is 15.4. The number of ether oxygens (including phenoxy) is 1. The molecule has 3 rings (SSSR count). The molecule has 10 heteroatoms. The lowest BCUT2D eigenvalue weighted by molar-refractivity contribution is 0.0153. The molecule has 0 unspecified atom stereocenters. The summed E-state index contributed by atoms with van der Waals surface area (Å²) in [6, 6.07) is 9.49. The summed E-state index contributed by atoms with van der Waals surface area (Å²) in [7, 11) is -1.54. The number of aromatic carboxylic acids is 1. The molecule has 0 spiro atoms. The van der Waals surface area contributed by atoms with Crippen LogP contribution in [0, 0.1) is 0 Å². The minimum absolute atomic E-state index is 0.0221. The summed E-state index contributed by atoms with van der Waals surface area (Å²) in [6.45, 7) is 1.71. The summed E-state index contributed by atoms with van der Waals surface area (Å²) >= 11 is 0. The summed E-state index contributed by atoms with van der Waals surface area (Å²) < 4.78 is 5.78. The van der Waals surface area contributed by atoms with Crippen molar-refractivity contribution in [1.82, 2.24) is 4.90 Å². The van der Waals surface area contributed by atoms with E-state index in [4.69, 9.17) is 20.5 Å². The zero-order valence-electron chi connectivity index (χ0n) is 16.3. The van der Waals surface area contributed by atoms with E-state index in [9.17, 15) is 20.1 Å². The van der Waals surface area contributed by atoms with Crippen molar-refractivity contribution in [2.24, 2.45) is 5.73 Å². The monoisotopic (exact) mass is 416 g/mol. The molecule has 0 aromatic heterocycles. The average Bonchev–Trinajstić information content (AvgIpc) is 2.65. The number of phenolic OH excluding ortho intramolecular Hbond substituents is 1. The molecule has 1 heterocycles. The molecule has 1 fully saturated rings. The maximum atomic E-state index is 11.6. The van der Waals surface area contributed by atoms with Gasteiger partial charge in [-0.1, -0.05) is 18.2 Å². The molecule has 0 amide bonds. The van der Waals surface area contributed by atoms with Crippen LogP contribution in [0.15, 0.2) is 36.4 Å². The molecule has 1 saturated heterocycles. The fourth-order valence-corrected chi connectivity index (χ4v) is 3.44. The van der Waals surface area contributed by atoms with Gasteiger partial charge >= 0.3 is 13.1 Å². The van der Waals surface area contributed by atoms with Crippen LogP contribution in [0.25, 0.3) is 0 Å². The minimum Gasteiger partial charge on any atom is -0.508 e. The number of carboxylic acid groups (broad SMARTS) is 1. The van der Waals surface area contributed by atoms with Gasteiger partial charge in [0.25, 0.3) is 0 Å². The maximum Gasteiger partial charge on any atom is 0.451 e. The fourth-order valence-electron chi connectivity index (χ4n) is 3.44. The number of aryl methyl sites for hydroxylation is 1. The third-order valence-corrected chi connectivity index (χ3v) is 5.10. The topological polar surface area (TPSA) is 157 Å². The van der Waals surface area contributed by atoms with E-state index in [1.807, 2.05) is 0 Å². The van der Waals surface area contributed by atoms with Crippen LogP contribution >= 0.6 is 0 Å². The smallest absolute Gasteiger partial charge is 0.451 e. The Morgan fingerprint density at radius 3 is 2.43 bits per heavy atom. The van der Waals surface area contributed by atoms with Gasteiger partial charge in [-0.05, 0) is 42.1 Å². The van der Waals surface area contributed by atoms with Gasteiger partial charge in [0, 0.05) is 25.7 Å². The molecular formula is C20H25BN2O7. The number of carbonyl (C=O) groups is 1. The number of benzene rings is 2. The molecule has 0 radical (unpaired) electrons. The summed E-state index contributed by atoms with van der Waals surface area (Å²) in [5.74, 6) is -1.49. The largest absolute Gasteiger partial charge is 0.508 e. The Balaban J connectivity index is 1.59. The number of likely N-dealkylation sites (tertiary alicyclic amines) is 1. The van der Waals surface area contributed by atoms with Gasteiger partial charge in [-0.15, -0.1) is 0 Å². The zero-order valence-corrected chi connectivity index (χ0v) is 16.3. The highest BCUT2D eigenvalue weighted by atomic mass is 16.5. The average molecular weight is 416 g/mol. The van der Waals surface area contributed by atoms with E-state index in [0.717, 1.165) is 5.56 Å². The highest BCUT2D eigenvalue weighted by molar-refractivity contribution is 6.41. The molecule has 0 aliphatic carbocycles. The van der Waals surface area contributed by atoms with Gasteiger partial charge in [-0.2, -0.15) is 0 Å². The van der Waals surface area contributed by atoms with Crippen LogP contribution in [-0.2, 0) is 6.42 Å². The molecule has 0 saturated carbocycles. The number of nitrogens with zero attached hydrogens (tertiary/aromatic N) is 1. The Morgan fingerprint density at radius 2 is 1.83 bits per heavy atom. The Labute approximate surface area is 174 Å². The van der Waals surface area contributed by atoms with Crippen molar-refractivity contribution in [3.05, 3.63) is 53.1 Å². The second-order valence-corrected chi connectivity index (χ2v) is 7.43. The van der Waals surface area contributed by atoms with Gasteiger partial charge in [0.2, 0.25) is 0 Å². The van der Waals surface area contributed by atoms with Crippen LogP contribution < -0.4 is 10.5 Å². The first-order chi connectivity index (χ1) is 14.2. The van der Waals surface area contributed by atoms with Crippen LogP contribution in [0.1, 0.15) is 27.5 Å². The van der Waals surface area contributed by atoms with Gasteiger partial charge < -0.3 is 35.8 Å². The highest BCUT2D eigenvalue weighted by Gasteiger charge is 2.32. The van der Waals surface area contributed by atoms with Crippen molar-refractivity contribution in [3.63, 3.8) is 0 Å². The molecule has 0 bridgehead atoms. The first-order valence-corrected chi connectivity index (χ1v) is 9.62. The highest BCUT2D eigenvalue weighted by Crippen LogP contribution is 2.34. The third kappa shape index (κ3) is 5.22. The number of phenols is 2. The minimum atomic E-state index is -1.54. The number of aromatic hydroxyl groups is 2. The molecule has 30 heavy (non-hydrogen) atoms. The maximum absolute atomic E-state index is 11.6. The zero-order chi connectivity index (χ0) is 21.8. The van der Waals surface area contributed by atoms with Crippen molar-refractivity contribution in [2.45, 2.75) is 24.9 Å². The van der Waals surface area contributed by atoms with Crippen molar-refractivity contribution >= 4 is 13.1 Å². The van der Waals surface area contributed by atoms with E-state index in [2.05, 4.69) is 4.90 Å². The summed E-state index contributed by atoms with van der Waals surface area (Å²) in [5.41, 5.74) is 7.07. The molecule has 1 atom stereocenters. The first kappa shape index (κ1) is 21.9. The molecule has 160 valence electrons. The van der Waals surface area contributed by atoms with E-state index < -0.39 is 18.8 Å². The van der Waals surface area contributed by atoms with Gasteiger partial charge in [0.1, 0.15) is 28.9 Å². The van der Waals surface area contributed by atoms with Crippen LogP contribution in [0.3, 0.4) is 0 Å². The van der Waals surface area contributed by atoms with Gasteiger partial charge in [-0.3, -0.25) is 4.90 Å². The van der Waals surface area contributed by atoms with Crippen molar-refractivity contribution in [2.75, 3.05) is 19.6 Å². The van der Waals surface area contributed by atoms with Crippen LogP contribution in [0.2, 0.25) is 6.32 Å². The second-order valence-electron chi connectivity index (χ2n) is 7.43. The molecule has 1 aliphatic rings. The molecule has 1 aliphatic heterocycles. The fraction of sp³-hybridized carbons (Fsp3) is 0.350. The Kier molecular flexibility index (Phi) is 6.83. The molecule has 2 aromatic rings. The number of carboxylic acids is 1. The third-order valence-electron chi connectivity index (χ3n) is 5.10. The standard InChI is InChI=1S/C20H25BN2O7/c22-16(12-1-4-14(24)5-2-12)11-23-9-15(10-23)30-17-6-3-13(7-8-21(28)29)19(25)18(17)20(26)27/h1-6,15-16,24-25,28-29H,7-11,22H2,(H,26,27)/t16-/m1/s1. The van der Waals surface area contributed by atoms with E-state index in [-0.39, 0.29) is 41.9 Å². The summed E-state index contributed by atoms with van der Waals surface area (Å²) in [4.78, 5) is 13.7. The second kappa shape index (κ2) is 9.35. The lowest BCUT2D eigenvalue weighted by Gasteiger charge is -2.40. The molecule has 7 N–H and O–H groups in total. The molecule has 2 aromatic carbocycles. The lowest BCUT2D eigenvalue weighted by atomic mass is 9.82. The van der Waals surface area contributed by atoms with Gasteiger partial charge in [-0.25, -0.2) is 4.79 Å². The lowest BCUT2D eigenvalue weighted by Crippen LogP contribution is -2.55. The van der Waals surface area contributed by atoms with E-state index in [1.165, 1.54) is 12.1 Å². The predicted octanol–water partition coefficient (Wildman–Crippen LogP) is 0.574. The van der Waals surface area contributed by atoms with E-state index in [0.29, 0.717) is 25.2 Å². The number of hydrogen-bond acceptors (Lipinski definition) is 8. The van der Waals surface area contributed by atoms with Crippen molar-refractivity contribution < 1.29 is 34.9 Å². The predicted molar refractivity (Wildman–Crippen MR) is 110 cm³/mol. The summed E-state index contributed by atoms with van der Waals surface area (Å²) in [6.07, 6.45) is -0.137. The number of nitrogens with two attached hydrogens (primary N) is 1. The van der Waals surface area contributed by atoms with Crippen molar-refractivity contribution in [3.8, 4) is 17.2 Å². The molecular weight excluding hydrogens is 391 g/mol. The number of hydrogen-bond donors (Lipinski definition) is 6. The van der Waals surface area contributed by atoms with E-state index in [1.54, 1.807) is 24.3 Å². The Morgan fingerprint density at radius 1 is 1.17 bits per heavy atom. The first-order valence-electron chi connectivity index (χ1n) is 9.62. The van der Waals surface area contributed by atoms with Crippen molar-refractivity contribution in [1.29, 1.82) is 0 Å². The summed E-state index contributed by atoms with van der Waals surface area (Å²) in [5, 5.41) is 47.1. The quantitative estimate of drug-likeness (QED) is 0.322. The Bertz CT molecular complexity index is 885. The molecule has 9 nitrogen and oxygen atoms in total. The van der Waals surface area contributed by atoms with Gasteiger partial charge in [0.05, 0.1) is 0 Å².